The van der Waals surface area contributed by atoms with E-state index in [1.54, 1.807) is 14.2 Å². The zero-order chi connectivity index (χ0) is 15.2. The molecule has 0 aliphatic carbocycles. The van der Waals surface area contributed by atoms with Crippen molar-refractivity contribution < 1.29 is 9.47 Å². The van der Waals surface area contributed by atoms with Gasteiger partial charge in [-0.1, -0.05) is 34.1 Å². The first kappa shape index (κ1) is 16.2. The molecule has 0 aliphatic rings. The van der Waals surface area contributed by atoms with Gasteiger partial charge in [0.2, 0.25) is 0 Å². The molecule has 2 nitrogen and oxygen atoms in total. The molecule has 2 rings (SSSR count). The average Bonchev–Trinajstić information content (AvgIpc) is 2.52. The normalized spacial score (nSPS) is 12.0. The SMILES string of the molecule is COc1ccc(CCC(Cl)c2ccc(OC)cc2Br)cc1. The van der Waals surface area contributed by atoms with Crippen LogP contribution in [0.15, 0.2) is 46.9 Å². The molecular weight excluding hydrogens is 352 g/mol. The van der Waals surface area contributed by atoms with E-state index in [1.165, 1.54) is 5.56 Å². The lowest BCUT2D eigenvalue weighted by atomic mass is 10.0. The van der Waals surface area contributed by atoms with Crippen LogP contribution >= 0.6 is 27.5 Å². The van der Waals surface area contributed by atoms with E-state index in [0.717, 1.165) is 34.4 Å². The van der Waals surface area contributed by atoms with Crippen LogP contribution in [-0.2, 0) is 6.42 Å². The Morgan fingerprint density at radius 1 is 1.00 bits per heavy atom. The van der Waals surface area contributed by atoms with Gasteiger partial charge in [0.25, 0.3) is 0 Å². The van der Waals surface area contributed by atoms with Crippen LogP contribution in [0.3, 0.4) is 0 Å². The van der Waals surface area contributed by atoms with Crippen molar-refractivity contribution in [1.82, 2.24) is 0 Å². The Hall–Kier alpha value is -1.19. The number of alkyl halides is 1. The summed E-state index contributed by atoms with van der Waals surface area (Å²) in [6.07, 6.45) is 1.80. The van der Waals surface area contributed by atoms with Crippen LogP contribution < -0.4 is 9.47 Å². The molecular formula is C17H18BrClO2. The Morgan fingerprint density at radius 3 is 2.19 bits per heavy atom. The van der Waals surface area contributed by atoms with Crippen molar-refractivity contribution in [3.8, 4) is 11.5 Å². The number of halogens is 2. The molecule has 1 unspecified atom stereocenters. The molecule has 0 aliphatic heterocycles. The molecule has 1 atom stereocenters. The lowest BCUT2D eigenvalue weighted by Crippen LogP contribution is -1.96. The largest absolute Gasteiger partial charge is 0.497 e. The predicted octanol–water partition coefficient (Wildman–Crippen LogP) is 5.38. The van der Waals surface area contributed by atoms with Crippen LogP contribution in [0.1, 0.15) is 22.9 Å². The van der Waals surface area contributed by atoms with Crippen LogP contribution in [0, 0.1) is 0 Å². The molecule has 21 heavy (non-hydrogen) atoms. The Kier molecular flexibility index (Phi) is 5.95. The standard InChI is InChI=1S/C17H18BrClO2/c1-20-13-6-3-12(4-7-13)5-10-17(19)15-9-8-14(21-2)11-16(15)18/h3-4,6-9,11,17H,5,10H2,1-2H3. The first-order valence-corrected chi connectivity index (χ1v) is 7.97. The lowest BCUT2D eigenvalue weighted by molar-refractivity contribution is 0.414. The van der Waals surface area contributed by atoms with E-state index in [-0.39, 0.29) is 5.38 Å². The molecule has 2 aromatic rings. The molecule has 0 radical (unpaired) electrons. The number of ether oxygens (including phenoxy) is 2. The van der Waals surface area contributed by atoms with Crippen molar-refractivity contribution in [2.45, 2.75) is 18.2 Å². The summed E-state index contributed by atoms with van der Waals surface area (Å²) in [5, 5.41) is -0.0348. The molecule has 0 saturated carbocycles. The second kappa shape index (κ2) is 7.71. The Balaban J connectivity index is 1.99. The summed E-state index contributed by atoms with van der Waals surface area (Å²) in [7, 11) is 3.33. The third kappa shape index (κ3) is 4.39. The van der Waals surface area contributed by atoms with Crippen molar-refractivity contribution in [3.63, 3.8) is 0 Å². The van der Waals surface area contributed by atoms with E-state index < -0.39 is 0 Å². The van der Waals surface area contributed by atoms with Gasteiger partial charge in [0, 0.05) is 4.47 Å². The molecule has 4 heteroatoms. The molecule has 0 bridgehead atoms. The van der Waals surface area contributed by atoms with Gasteiger partial charge in [0.15, 0.2) is 0 Å². The first-order valence-electron chi connectivity index (χ1n) is 6.74. The molecule has 0 fully saturated rings. The molecule has 0 saturated heterocycles. The Bertz CT molecular complexity index is 584. The van der Waals surface area contributed by atoms with E-state index in [1.807, 2.05) is 30.3 Å². The second-order valence-electron chi connectivity index (χ2n) is 4.74. The van der Waals surface area contributed by atoms with E-state index >= 15 is 0 Å². The van der Waals surface area contributed by atoms with Crippen LogP contribution in [0.25, 0.3) is 0 Å². The van der Waals surface area contributed by atoms with Crippen LogP contribution in [0.4, 0.5) is 0 Å². The minimum atomic E-state index is -0.0348. The van der Waals surface area contributed by atoms with Crippen LogP contribution in [-0.4, -0.2) is 14.2 Å². The minimum absolute atomic E-state index is 0.0348. The van der Waals surface area contributed by atoms with Crippen molar-refractivity contribution >= 4 is 27.5 Å². The molecule has 0 spiro atoms. The van der Waals surface area contributed by atoms with Crippen molar-refractivity contribution in [2.24, 2.45) is 0 Å². The fourth-order valence-electron chi connectivity index (χ4n) is 2.13. The van der Waals surface area contributed by atoms with Gasteiger partial charge in [-0.3, -0.25) is 0 Å². The molecule has 0 aromatic heterocycles. The summed E-state index contributed by atoms with van der Waals surface area (Å²) in [6, 6.07) is 14.0. The highest BCUT2D eigenvalue weighted by Gasteiger charge is 2.12. The summed E-state index contributed by atoms with van der Waals surface area (Å²) in [5.41, 5.74) is 2.34. The van der Waals surface area contributed by atoms with Crippen molar-refractivity contribution in [1.29, 1.82) is 0 Å². The fourth-order valence-corrected chi connectivity index (χ4v) is 3.20. The third-order valence-corrected chi connectivity index (χ3v) is 4.53. The van der Waals surface area contributed by atoms with Gasteiger partial charge in [0.1, 0.15) is 11.5 Å². The number of aryl methyl sites for hydroxylation is 1. The average molecular weight is 370 g/mol. The van der Waals surface area contributed by atoms with Gasteiger partial charge in [-0.05, 0) is 48.2 Å². The molecule has 112 valence electrons. The number of rotatable bonds is 6. The second-order valence-corrected chi connectivity index (χ2v) is 6.12. The molecule has 0 N–H and O–H groups in total. The van der Waals surface area contributed by atoms with Gasteiger partial charge in [-0.25, -0.2) is 0 Å². The maximum Gasteiger partial charge on any atom is 0.120 e. The molecule has 0 heterocycles. The fraction of sp³-hybridized carbons (Fsp3) is 0.294. The maximum atomic E-state index is 6.52. The lowest BCUT2D eigenvalue weighted by Gasteiger charge is -2.13. The molecule has 2 aromatic carbocycles. The van der Waals surface area contributed by atoms with Gasteiger partial charge in [0.05, 0.1) is 19.6 Å². The predicted molar refractivity (Wildman–Crippen MR) is 90.6 cm³/mol. The maximum absolute atomic E-state index is 6.52. The van der Waals surface area contributed by atoms with Gasteiger partial charge < -0.3 is 9.47 Å². The van der Waals surface area contributed by atoms with Gasteiger partial charge in [-0.2, -0.15) is 0 Å². The summed E-state index contributed by atoms with van der Waals surface area (Å²) in [5.74, 6) is 1.70. The number of hydrogen-bond donors (Lipinski definition) is 0. The van der Waals surface area contributed by atoms with Crippen LogP contribution in [0.5, 0.6) is 11.5 Å². The quantitative estimate of drug-likeness (QED) is 0.636. The number of benzene rings is 2. The highest BCUT2D eigenvalue weighted by molar-refractivity contribution is 9.10. The highest BCUT2D eigenvalue weighted by atomic mass is 79.9. The Labute approximate surface area is 139 Å². The zero-order valence-electron chi connectivity index (χ0n) is 12.1. The minimum Gasteiger partial charge on any atom is -0.497 e. The zero-order valence-corrected chi connectivity index (χ0v) is 14.4. The van der Waals surface area contributed by atoms with E-state index in [4.69, 9.17) is 21.1 Å². The van der Waals surface area contributed by atoms with E-state index in [0.29, 0.717) is 0 Å². The monoisotopic (exact) mass is 368 g/mol. The topological polar surface area (TPSA) is 18.5 Å². The van der Waals surface area contributed by atoms with Crippen LogP contribution in [0.2, 0.25) is 0 Å². The highest BCUT2D eigenvalue weighted by Crippen LogP contribution is 2.34. The number of hydrogen-bond acceptors (Lipinski definition) is 2. The van der Waals surface area contributed by atoms with E-state index in [2.05, 4.69) is 28.1 Å². The third-order valence-electron chi connectivity index (χ3n) is 3.39. The summed E-state index contributed by atoms with van der Waals surface area (Å²) in [4.78, 5) is 0. The Morgan fingerprint density at radius 2 is 1.62 bits per heavy atom. The summed E-state index contributed by atoms with van der Waals surface area (Å²) in [6.45, 7) is 0. The smallest absolute Gasteiger partial charge is 0.120 e. The summed E-state index contributed by atoms with van der Waals surface area (Å²) >= 11 is 10.1. The molecule has 0 amide bonds. The number of methoxy groups -OCH3 is 2. The van der Waals surface area contributed by atoms with Gasteiger partial charge in [-0.15, -0.1) is 11.6 Å². The van der Waals surface area contributed by atoms with E-state index in [9.17, 15) is 0 Å². The summed E-state index contributed by atoms with van der Waals surface area (Å²) < 4.78 is 11.3. The van der Waals surface area contributed by atoms with Gasteiger partial charge >= 0.3 is 0 Å². The van der Waals surface area contributed by atoms with Crippen molar-refractivity contribution in [2.75, 3.05) is 14.2 Å². The first-order chi connectivity index (χ1) is 10.1. The van der Waals surface area contributed by atoms with Crippen molar-refractivity contribution in [3.05, 3.63) is 58.1 Å².